The molecule has 13 atom stereocenters. The highest BCUT2D eigenvalue weighted by Crippen LogP contribution is 2.68. The molecule has 4 aliphatic carbocycles. The standard InChI is InChI=1S/C65H80N4O21/c1-35-44(33-65(83)55(88-57(79)40-19-15-12-16-20-40)53-63(9,54(76)36(2)50(35)62(65,7)8)45(84-10)32-41-29-30-64(41,53)89-37(3)71)86-58(80)52(51(39-17-13-11-14-18-39)69-60(82)90-61(4,5)6)87-49(75)28-25-46(72)66-42-23-21-38(22-24-42)31-43(56(77)78)67-59(81)68-47(85-34-70)26-27-48(73)74/h11-24,34,36,41,43-45,47,51-53,55,83H,25-33H2,1-10H3,(H,66,72)(H,69,82)(H,73,74)(H,77,78)(H2,67,68,81)/t36-,41-,43+,44+,45+,47-,51+,52-,53+,55+,63-,64+,65-/m1/s1. The number of rotatable bonds is 24. The number of alkyl carbamates (subject to hydrolysis) is 1. The first-order valence-electron chi connectivity index (χ1n) is 29.7. The van der Waals surface area contributed by atoms with Crippen LogP contribution in [0.1, 0.15) is 141 Å². The van der Waals surface area contributed by atoms with Crippen molar-refractivity contribution in [2.24, 2.45) is 28.6 Å². The first-order valence-corrected chi connectivity index (χ1v) is 29.7. The number of aliphatic carboxylic acids is 2. The van der Waals surface area contributed by atoms with Crippen LogP contribution in [-0.4, -0.2) is 142 Å². The fourth-order valence-corrected chi connectivity index (χ4v) is 13.7. The average molecular weight is 1250 g/mol. The number of aliphatic hydroxyl groups is 1. The van der Waals surface area contributed by atoms with Gasteiger partial charge < -0.3 is 69.7 Å². The minimum absolute atomic E-state index is 0.00328. The van der Waals surface area contributed by atoms with Gasteiger partial charge in [0, 0.05) is 62.7 Å². The van der Waals surface area contributed by atoms with Gasteiger partial charge in [-0.25, -0.2) is 24.0 Å². The van der Waals surface area contributed by atoms with E-state index in [9.17, 15) is 53.4 Å². The van der Waals surface area contributed by atoms with Crippen molar-refractivity contribution in [2.45, 2.75) is 180 Å². The van der Waals surface area contributed by atoms with E-state index in [-0.39, 0.29) is 48.3 Å². The molecule has 25 heteroatoms. The highest BCUT2D eigenvalue weighted by atomic mass is 16.6. The Hall–Kier alpha value is -8.71. The molecule has 0 aliphatic heterocycles. The molecule has 0 aromatic heterocycles. The van der Waals surface area contributed by atoms with E-state index in [1.54, 1.807) is 104 Å². The molecule has 486 valence electrons. The molecule has 0 spiro atoms. The Morgan fingerprint density at radius 1 is 0.833 bits per heavy atom. The highest BCUT2D eigenvalue weighted by Gasteiger charge is 2.77. The van der Waals surface area contributed by atoms with Crippen molar-refractivity contribution < 1.29 is 101 Å². The summed E-state index contributed by atoms with van der Waals surface area (Å²) in [7, 11) is 1.48. The van der Waals surface area contributed by atoms with Crippen LogP contribution in [0.2, 0.25) is 0 Å². The van der Waals surface area contributed by atoms with Gasteiger partial charge in [0.2, 0.25) is 12.0 Å². The van der Waals surface area contributed by atoms with Gasteiger partial charge >= 0.3 is 47.9 Å². The predicted octanol–water partition coefficient (Wildman–Crippen LogP) is 6.83. The lowest BCUT2D eigenvalue weighted by Gasteiger charge is -2.68. The molecule has 25 nitrogen and oxygen atoms in total. The molecule has 3 aromatic carbocycles. The van der Waals surface area contributed by atoms with Crippen molar-refractivity contribution >= 4 is 71.8 Å². The zero-order valence-corrected chi connectivity index (χ0v) is 52.0. The Balaban J connectivity index is 1.19. The van der Waals surface area contributed by atoms with Crippen molar-refractivity contribution in [1.82, 2.24) is 16.0 Å². The normalized spacial score (nSPS) is 26.1. The lowest BCUT2D eigenvalue weighted by atomic mass is 9.40. The first kappa shape index (κ1) is 68.8. The monoisotopic (exact) mass is 1250 g/mol. The molecule has 3 aromatic rings. The lowest BCUT2D eigenvalue weighted by Crippen LogP contribution is -2.78. The number of carbonyl (C=O) groups is 11. The molecule has 4 amide bonds. The summed E-state index contributed by atoms with van der Waals surface area (Å²) in [5, 5.41) is 42.7. The van der Waals surface area contributed by atoms with Crippen LogP contribution in [0.15, 0.2) is 96.1 Å². The van der Waals surface area contributed by atoms with E-state index in [0.717, 1.165) is 0 Å². The van der Waals surface area contributed by atoms with Crippen LogP contribution < -0.4 is 21.3 Å². The number of ketones is 1. The van der Waals surface area contributed by atoms with Gasteiger partial charge in [-0.1, -0.05) is 81.4 Å². The molecule has 90 heavy (non-hydrogen) atoms. The highest BCUT2D eigenvalue weighted by molar-refractivity contribution is 5.94. The molecule has 7 rings (SSSR count). The quantitative estimate of drug-likeness (QED) is 0.0159. The number of anilines is 1. The van der Waals surface area contributed by atoms with Gasteiger partial charge in [0.15, 0.2) is 6.23 Å². The average Bonchev–Trinajstić information content (AvgIpc) is 0.671. The van der Waals surface area contributed by atoms with Crippen LogP contribution >= 0.6 is 0 Å². The number of esters is 4. The van der Waals surface area contributed by atoms with Crippen molar-refractivity contribution in [3.05, 3.63) is 113 Å². The van der Waals surface area contributed by atoms with E-state index in [1.165, 1.54) is 50.4 Å². The van der Waals surface area contributed by atoms with Crippen LogP contribution in [0.25, 0.3) is 0 Å². The van der Waals surface area contributed by atoms with Gasteiger partial charge in [-0.3, -0.25) is 28.8 Å². The maximum atomic E-state index is 15.9. The molecule has 0 saturated heterocycles. The smallest absolute Gasteiger partial charge is 0.408 e. The molecule has 4 aliphatic rings. The molecule has 0 radical (unpaired) electrons. The number of nitrogens with one attached hydrogen (secondary N) is 4. The number of carbonyl (C=O) groups excluding carboxylic acids is 9. The van der Waals surface area contributed by atoms with Gasteiger partial charge in [-0.15, -0.1) is 0 Å². The summed E-state index contributed by atoms with van der Waals surface area (Å²) in [6, 6.07) is 17.7. The fraction of sp³-hybridized carbons (Fsp3) is 0.523. The predicted molar refractivity (Wildman–Crippen MR) is 317 cm³/mol. The van der Waals surface area contributed by atoms with Gasteiger partial charge in [0.05, 0.1) is 35.8 Å². The van der Waals surface area contributed by atoms with Crippen LogP contribution in [0.5, 0.6) is 0 Å². The number of ether oxygens (including phenoxy) is 7. The molecule has 0 heterocycles. The zero-order valence-electron chi connectivity index (χ0n) is 52.0. The molecule has 3 fully saturated rings. The van der Waals surface area contributed by atoms with Gasteiger partial charge in [0.25, 0.3) is 6.47 Å². The van der Waals surface area contributed by atoms with Crippen LogP contribution in [-0.2, 0) is 77.9 Å². The van der Waals surface area contributed by atoms with Gasteiger partial charge in [-0.2, -0.15) is 0 Å². The number of amides is 4. The second-order valence-corrected chi connectivity index (χ2v) is 25.1. The summed E-state index contributed by atoms with van der Waals surface area (Å²) >= 11 is 0. The number of carboxylic acids is 2. The Bertz CT molecular complexity index is 3240. The van der Waals surface area contributed by atoms with E-state index in [4.69, 9.17) is 38.3 Å². The van der Waals surface area contributed by atoms with Gasteiger partial charge in [0.1, 0.15) is 46.9 Å². The number of hydrogen-bond acceptors (Lipinski definition) is 19. The third-order valence-electron chi connectivity index (χ3n) is 17.9. The molecule has 2 bridgehead atoms. The summed E-state index contributed by atoms with van der Waals surface area (Å²) in [6.07, 6.45) is -9.94. The SMILES string of the molecule is CO[C@H]1C[C@H]2CC[C@@]2(OC(C)=O)[C@H]2[C@H](OC(=O)c3ccccc3)[C@]3(O)C[C@H](OC(=O)[C@H](OC(=O)CCC(=O)Nc4ccc(C[C@H](NC(=O)N[C@@H](CCC(=O)O)OC=O)C(=O)O)cc4)[C@@H](NC(=O)OC(C)(C)C)c4ccccc4)C(C)=C([C@@H](C)C(=O)[C@]12C)C3(C)C. The molecule has 3 saturated carbocycles. The van der Waals surface area contributed by atoms with Crippen molar-refractivity contribution in [3.8, 4) is 0 Å². The third kappa shape index (κ3) is 15.0. The van der Waals surface area contributed by atoms with Crippen LogP contribution in [0, 0.1) is 28.6 Å². The minimum Gasteiger partial charge on any atom is -0.481 e. The minimum atomic E-state index is -2.27. The van der Waals surface area contributed by atoms with E-state index in [0.29, 0.717) is 29.6 Å². The topological polar surface area (TPSA) is 361 Å². The Morgan fingerprint density at radius 2 is 1.48 bits per heavy atom. The molecular formula is C65H80N4O21. The number of fused-ring (bicyclic) bond motifs is 5. The Labute approximate surface area is 520 Å². The van der Waals surface area contributed by atoms with Crippen LogP contribution in [0.4, 0.5) is 15.3 Å². The summed E-state index contributed by atoms with van der Waals surface area (Å²) in [5.74, 6) is -10.3. The largest absolute Gasteiger partial charge is 0.481 e. The zero-order chi connectivity index (χ0) is 66.3. The second kappa shape index (κ2) is 28.0. The van der Waals surface area contributed by atoms with E-state index >= 15 is 9.59 Å². The van der Waals surface area contributed by atoms with Crippen molar-refractivity contribution in [3.63, 3.8) is 0 Å². The fourth-order valence-electron chi connectivity index (χ4n) is 13.7. The number of hydrogen-bond donors (Lipinski definition) is 7. The summed E-state index contributed by atoms with van der Waals surface area (Å²) in [6.45, 7) is 14.5. The van der Waals surface area contributed by atoms with Crippen molar-refractivity contribution in [1.29, 1.82) is 0 Å². The summed E-state index contributed by atoms with van der Waals surface area (Å²) in [5.41, 5.74) is -6.18. The summed E-state index contributed by atoms with van der Waals surface area (Å²) < 4.78 is 42.0. The molecule has 7 N–H and O–H groups in total. The lowest BCUT2D eigenvalue weighted by molar-refractivity contribution is -0.297. The maximum Gasteiger partial charge on any atom is 0.408 e. The van der Waals surface area contributed by atoms with Gasteiger partial charge in [-0.05, 0) is 100 Å². The maximum absolute atomic E-state index is 15.9. The number of Topliss-reactive ketones (excluding diaryl/α,β-unsaturated/α-hetero) is 1. The Kier molecular flexibility index (Phi) is 21.4. The van der Waals surface area contributed by atoms with E-state index in [2.05, 4.69) is 21.3 Å². The number of benzene rings is 3. The molecule has 0 unspecified atom stereocenters. The number of urea groups is 1. The first-order chi connectivity index (χ1) is 42.3. The second-order valence-electron chi connectivity index (χ2n) is 25.1. The van der Waals surface area contributed by atoms with Crippen molar-refractivity contribution in [2.75, 3.05) is 12.4 Å². The Morgan fingerprint density at radius 3 is 2.04 bits per heavy atom. The third-order valence-corrected chi connectivity index (χ3v) is 17.9. The summed E-state index contributed by atoms with van der Waals surface area (Å²) in [4.78, 5) is 147. The van der Waals surface area contributed by atoms with Crippen LogP contribution in [0.3, 0.4) is 0 Å². The van der Waals surface area contributed by atoms with E-state index in [1.807, 2.05) is 0 Å². The number of methoxy groups -OCH3 is 1. The number of carboxylic acid groups (broad SMARTS) is 2. The molecular weight excluding hydrogens is 1170 g/mol. The van der Waals surface area contributed by atoms with E-state index < -0.39 is 168 Å².